The number of fused-ring (bicyclic) bond motifs is 1. The summed E-state index contributed by atoms with van der Waals surface area (Å²) in [6.45, 7) is 4.24. The Kier molecular flexibility index (Phi) is 3.80. The Balaban J connectivity index is 1.85. The first-order valence-corrected chi connectivity index (χ1v) is 6.96. The van der Waals surface area contributed by atoms with E-state index in [1.165, 1.54) is 0 Å². The molecule has 1 aromatic carbocycles. The van der Waals surface area contributed by atoms with Crippen LogP contribution >= 0.6 is 0 Å². The average molecular weight is 274 g/mol. The number of Topliss-reactive ketones (excluding diaryl/α,β-unsaturated/α-hetero) is 1. The van der Waals surface area contributed by atoms with E-state index in [0.29, 0.717) is 26.2 Å². The van der Waals surface area contributed by atoms with Gasteiger partial charge >= 0.3 is 0 Å². The van der Waals surface area contributed by atoms with Crippen LogP contribution in [-0.4, -0.2) is 41.5 Å². The fourth-order valence-electron chi connectivity index (χ4n) is 2.52. The minimum atomic E-state index is -0.450. The molecule has 0 radical (unpaired) electrons. The molecule has 5 heteroatoms. The molecule has 20 heavy (non-hydrogen) atoms. The van der Waals surface area contributed by atoms with Crippen molar-refractivity contribution in [2.75, 3.05) is 19.8 Å². The van der Waals surface area contributed by atoms with Crippen molar-refractivity contribution in [1.82, 2.24) is 9.78 Å². The molecule has 0 amide bonds. The van der Waals surface area contributed by atoms with Gasteiger partial charge in [-0.15, -0.1) is 0 Å². The fourth-order valence-corrected chi connectivity index (χ4v) is 2.52. The number of aromatic nitrogens is 2. The molecule has 1 saturated heterocycles. The zero-order valence-electron chi connectivity index (χ0n) is 11.5. The molecule has 1 atom stereocenters. The summed E-state index contributed by atoms with van der Waals surface area (Å²) in [5.74, 6) is 0.0382. The van der Waals surface area contributed by atoms with E-state index in [4.69, 9.17) is 9.47 Å². The number of aryl methyl sites for hydroxylation is 1. The summed E-state index contributed by atoms with van der Waals surface area (Å²) >= 11 is 0. The van der Waals surface area contributed by atoms with Crippen LogP contribution in [0, 0.1) is 0 Å². The van der Waals surface area contributed by atoms with E-state index < -0.39 is 6.10 Å². The van der Waals surface area contributed by atoms with Gasteiger partial charge in [0.15, 0.2) is 5.78 Å². The lowest BCUT2D eigenvalue weighted by Gasteiger charge is -2.21. The van der Waals surface area contributed by atoms with E-state index in [9.17, 15) is 4.79 Å². The first-order valence-electron chi connectivity index (χ1n) is 6.96. The summed E-state index contributed by atoms with van der Waals surface area (Å²) < 4.78 is 12.7. The van der Waals surface area contributed by atoms with E-state index in [1.807, 2.05) is 35.9 Å². The first-order chi connectivity index (χ1) is 9.79. The van der Waals surface area contributed by atoms with Gasteiger partial charge in [-0.05, 0) is 13.0 Å². The Hall–Kier alpha value is -1.72. The number of rotatable bonds is 4. The molecule has 5 nitrogen and oxygen atoms in total. The normalized spacial score (nSPS) is 19.4. The predicted octanol–water partition coefficient (Wildman–Crippen LogP) is 1.58. The zero-order chi connectivity index (χ0) is 13.9. The second-order valence-electron chi connectivity index (χ2n) is 4.86. The summed E-state index contributed by atoms with van der Waals surface area (Å²) in [7, 11) is 0. The van der Waals surface area contributed by atoms with E-state index in [0.717, 1.165) is 23.1 Å². The molecular formula is C15H18N2O3. The van der Waals surface area contributed by atoms with Gasteiger partial charge in [0.25, 0.3) is 0 Å². The summed E-state index contributed by atoms with van der Waals surface area (Å²) in [6.07, 6.45) is -0.157. The third-order valence-electron chi connectivity index (χ3n) is 3.55. The van der Waals surface area contributed by atoms with E-state index in [2.05, 4.69) is 5.10 Å². The van der Waals surface area contributed by atoms with Crippen LogP contribution in [0.1, 0.15) is 12.6 Å². The van der Waals surface area contributed by atoms with Crippen LogP contribution in [0.25, 0.3) is 10.9 Å². The number of nitrogens with zero attached hydrogens (tertiary/aromatic N) is 2. The van der Waals surface area contributed by atoms with Gasteiger partial charge in [0.1, 0.15) is 6.10 Å². The molecule has 0 N–H and O–H groups in total. The second kappa shape index (κ2) is 5.73. The molecule has 2 heterocycles. The second-order valence-corrected chi connectivity index (χ2v) is 4.86. The Morgan fingerprint density at radius 3 is 3.00 bits per heavy atom. The van der Waals surface area contributed by atoms with Crippen molar-refractivity contribution in [3.63, 3.8) is 0 Å². The van der Waals surface area contributed by atoms with Gasteiger partial charge in [-0.25, -0.2) is 0 Å². The molecule has 1 aromatic heterocycles. The molecule has 3 rings (SSSR count). The number of benzene rings is 1. The van der Waals surface area contributed by atoms with Crippen molar-refractivity contribution in [3.8, 4) is 0 Å². The molecular weight excluding hydrogens is 256 g/mol. The standard InChI is InChI=1S/C15H18N2O3/c1-2-17-13-6-4-3-5-11(13)12(16-17)9-14(18)15-10-19-7-8-20-15/h3-6,15H,2,7-10H2,1H3. The van der Waals surface area contributed by atoms with Crippen molar-refractivity contribution < 1.29 is 14.3 Å². The molecule has 1 unspecified atom stereocenters. The highest BCUT2D eigenvalue weighted by Crippen LogP contribution is 2.19. The van der Waals surface area contributed by atoms with Crippen LogP contribution in [0.5, 0.6) is 0 Å². The Morgan fingerprint density at radius 1 is 1.40 bits per heavy atom. The quantitative estimate of drug-likeness (QED) is 0.849. The van der Waals surface area contributed by atoms with Gasteiger partial charge in [0.05, 0.1) is 37.5 Å². The van der Waals surface area contributed by atoms with Crippen LogP contribution < -0.4 is 0 Å². The molecule has 1 aliphatic heterocycles. The van der Waals surface area contributed by atoms with Crippen LogP contribution in [0.2, 0.25) is 0 Å². The van der Waals surface area contributed by atoms with Gasteiger partial charge < -0.3 is 9.47 Å². The van der Waals surface area contributed by atoms with Crippen LogP contribution in [-0.2, 0) is 27.2 Å². The molecule has 0 bridgehead atoms. The maximum Gasteiger partial charge on any atom is 0.169 e. The molecule has 0 spiro atoms. The fraction of sp³-hybridized carbons (Fsp3) is 0.467. The van der Waals surface area contributed by atoms with Crippen LogP contribution in [0.3, 0.4) is 0 Å². The monoisotopic (exact) mass is 274 g/mol. The lowest BCUT2D eigenvalue weighted by molar-refractivity contribution is -0.144. The number of carbonyl (C=O) groups is 1. The topological polar surface area (TPSA) is 53.4 Å². The summed E-state index contributed by atoms with van der Waals surface area (Å²) in [4.78, 5) is 12.3. The first kappa shape index (κ1) is 13.3. The number of hydrogen-bond donors (Lipinski definition) is 0. The maximum atomic E-state index is 12.3. The van der Waals surface area contributed by atoms with Gasteiger partial charge in [0, 0.05) is 11.9 Å². The largest absolute Gasteiger partial charge is 0.376 e. The van der Waals surface area contributed by atoms with Gasteiger partial charge in [0.2, 0.25) is 0 Å². The number of ether oxygens (including phenoxy) is 2. The highest BCUT2D eigenvalue weighted by atomic mass is 16.6. The zero-order valence-corrected chi connectivity index (χ0v) is 11.5. The Bertz CT molecular complexity index is 615. The Labute approximate surface area is 117 Å². The third kappa shape index (κ3) is 2.46. The Morgan fingerprint density at radius 2 is 2.25 bits per heavy atom. The molecule has 0 saturated carbocycles. The van der Waals surface area contributed by atoms with Crippen molar-refractivity contribution in [2.24, 2.45) is 0 Å². The highest BCUT2D eigenvalue weighted by Gasteiger charge is 2.24. The summed E-state index contributed by atoms with van der Waals surface area (Å²) in [5.41, 5.74) is 1.89. The average Bonchev–Trinajstić information content (AvgIpc) is 2.86. The predicted molar refractivity (Wildman–Crippen MR) is 74.7 cm³/mol. The number of hydrogen-bond acceptors (Lipinski definition) is 4. The third-order valence-corrected chi connectivity index (χ3v) is 3.55. The molecule has 1 fully saturated rings. The smallest absolute Gasteiger partial charge is 0.169 e. The molecule has 2 aromatic rings. The van der Waals surface area contributed by atoms with Gasteiger partial charge in [-0.1, -0.05) is 18.2 Å². The van der Waals surface area contributed by atoms with Crippen molar-refractivity contribution >= 4 is 16.7 Å². The summed E-state index contributed by atoms with van der Waals surface area (Å²) in [6, 6.07) is 7.99. The number of ketones is 1. The van der Waals surface area contributed by atoms with E-state index >= 15 is 0 Å². The SMILES string of the molecule is CCn1nc(CC(=O)C2COCCO2)c2ccccc21. The van der Waals surface area contributed by atoms with Crippen molar-refractivity contribution in [3.05, 3.63) is 30.0 Å². The van der Waals surface area contributed by atoms with Gasteiger partial charge in [-0.3, -0.25) is 9.48 Å². The van der Waals surface area contributed by atoms with Crippen molar-refractivity contribution in [1.29, 1.82) is 0 Å². The number of para-hydroxylation sites is 1. The maximum absolute atomic E-state index is 12.3. The summed E-state index contributed by atoms with van der Waals surface area (Å²) in [5, 5.41) is 5.58. The molecule has 0 aliphatic carbocycles. The lowest BCUT2D eigenvalue weighted by atomic mass is 10.1. The van der Waals surface area contributed by atoms with Crippen LogP contribution in [0.4, 0.5) is 0 Å². The highest BCUT2D eigenvalue weighted by molar-refractivity contribution is 5.90. The minimum absolute atomic E-state index is 0.0382. The lowest BCUT2D eigenvalue weighted by Crippen LogP contribution is -2.36. The molecule has 106 valence electrons. The van der Waals surface area contributed by atoms with Crippen LogP contribution in [0.15, 0.2) is 24.3 Å². The molecule has 1 aliphatic rings. The van der Waals surface area contributed by atoms with Gasteiger partial charge in [-0.2, -0.15) is 5.10 Å². The number of carbonyl (C=O) groups excluding carboxylic acids is 1. The van der Waals surface area contributed by atoms with E-state index in [1.54, 1.807) is 0 Å². The van der Waals surface area contributed by atoms with E-state index in [-0.39, 0.29) is 5.78 Å². The minimum Gasteiger partial charge on any atom is -0.376 e. The van der Waals surface area contributed by atoms with Crippen molar-refractivity contribution in [2.45, 2.75) is 26.0 Å².